The van der Waals surface area contributed by atoms with Crippen molar-refractivity contribution in [3.63, 3.8) is 0 Å². The maximum atomic E-state index is 11.8. The number of benzene rings is 1. The smallest absolute Gasteiger partial charge is 0.315 e. The molecule has 4 heteroatoms. The molecule has 0 heterocycles. The number of carbonyl (C=O) groups excluding carboxylic acids is 2. The molecule has 0 radical (unpaired) electrons. The zero-order chi connectivity index (χ0) is 13.4. The number of hydrogen-bond acceptors (Lipinski definition) is 4. The van der Waals surface area contributed by atoms with Crippen molar-refractivity contribution in [2.45, 2.75) is 20.3 Å². The van der Waals surface area contributed by atoms with Crippen molar-refractivity contribution >= 4 is 23.5 Å². The lowest BCUT2D eigenvalue weighted by molar-refractivity contribution is -0.139. The lowest BCUT2D eigenvalue weighted by Gasteiger charge is -2.03. The van der Waals surface area contributed by atoms with Crippen LogP contribution in [0.3, 0.4) is 0 Å². The van der Waals surface area contributed by atoms with Gasteiger partial charge in [-0.2, -0.15) is 0 Å². The molecule has 0 saturated heterocycles. The van der Waals surface area contributed by atoms with Gasteiger partial charge in [0, 0.05) is 5.56 Å². The molecule has 0 N–H and O–H groups in total. The summed E-state index contributed by atoms with van der Waals surface area (Å²) in [6.45, 7) is 4.22. The van der Waals surface area contributed by atoms with Gasteiger partial charge in [0.25, 0.3) is 0 Å². The topological polar surface area (TPSA) is 43.4 Å². The van der Waals surface area contributed by atoms with E-state index in [0.717, 1.165) is 6.42 Å². The summed E-state index contributed by atoms with van der Waals surface area (Å²) in [4.78, 5) is 22.9. The van der Waals surface area contributed by atoms with Crippen LogP contribution >= 0.6 is 11.8 Å². The Morgan fingerprint density at radius 1 is 1.11 bits per heavy atom. The molecule has 0 amide bonds. The Balaban J connectivity index is 2.38. The number of hydrogen-bond donors (Lipinski definition) is 0. The van der Waals surface area contributed by atoms with Gasteiger partial charge in [0.05, 0.1) is 18.1 Å². The van der Waals surface area contributed by atoms with Gasteiger partial charge in [-0.05, 0) is 18.9 Å². The molecule has 1 aromatic carbocycles. The fourth-order valence-electron chi connectivity index (χ4n) is 1.44. The third-order valence-electron chi connectivity index (χ3n) is 2.44. The molecule has 0 fully saturated rings. The molecule has 0 aliphatic rings. The van der Waals surface area contributed by atoms with E-state index in [1.165, 1.54) is 17.3 Å². The van der Waals surface area contributed by atoms with Crippen LogP contribution in [-0.4, -0.2) is 29.9 Å². The van der Waals surface area contributed by atoms with Gasteiger partial charge >= 0.3 is 5.97 Å². The highest BCUT2D eigenvalue weighted by Gasteiger charge is 2.08. The van der Waals surface area contributed by atoms with Crippen LogP contribution in [0.25, 0.3) is 0 Å². The molecule has 18 heavy (non-hydrogen) atoms. The number of thioether (sulfide) groups is 1. The second kappa shape index (κ2) is 7.93. The molecule has 0 spiro atoms. The van der Waals surface area contributed by atoms with E-state index in [1.54, 1.807) is 6.92 Å². The summed E-state index contributed by atoms with van der Waals surface area (Å²) in [5, 5.41) is 0. The molecular weight excluding hydrogens is 248 g/mol. The standard InChI is InChI=1S/C14H18O3S/c1-3-11-5-7-12(8-6-11)13(15)9-18-10-14(16)17-4-2/h5-8H,3-4,9-10H2,1-2H3. The van der Waals surface area contributed by atoms with Crippen molar-refractivity contribution in [1.82, 2.24) is 0 Å². The third kappa shape index (κ3) is 4.92. The molecule has 1 rings (SSSR count). The van der Waals surface area contributed by atoms with Gasteiger partial charge in [0.2, 0.25) is 0 Å². The molecular formula is C14H18O3S. The van der Waals surface area contributed by atoms with Gasteiger partial charge in [-0.25, -0.2) is 0 Å². The van der Waals surface area contributed by atoms with E-state index in [0.29, 0.717) is 17.9 Å². The lowest BCUT2D eigenvalue weighted by atomic mass is 10.1. The van der Waals surface area contributed by atoms with Crippen molar-refractivity contribution in [2.24, 2.45) is 0 Å². The number of Topliss-reactive ketones (excluding diaryl/α,β-unsaturated/α-hetero) is 1. The van der Waals surface area contributed by atoms with E-state index >= 15 is 0 Å². The van der Waals surface area contributed by atoms with E-state index in [1.807, 2.05) is 24.3 Å². The minimum absolute atomic E-state index is 0.0481. The molecule has 3 nitrogen and oxygen atoms in total. The average Bonchev–Trinajstić information content (AvgIpc) is 2.39. The number of ketones is 1. The van der Waals surface area contributed by atoms with Crippen LogP contribution in [0.4, 0.5) is 0 Å². The van der Waals surface area contributed by atoms with E-state index in [4.69, 9.17) is 4.74 Å². The minimum Gasteiger partial charge on any atom is -0.465 e. The average molecular weight is 266 g/mol. The van der Waals surface area contributed by atoms with E-state index in [9.17, 15) is 9.59 Å². The number of esters is 1. The van der Waals surface area contributed by atoms with Crippen LogP contribution in [0.5, 0.6) is 0 Å². The number of aryl methyl sites for hydroxylation is 1. The highest BCUT2D eigenvalue weighted by atomic mass is 32.2. The Morgan fingerprint density at radius 2 is 1.78 bits per heavy atom. The molecule has 0 aliphatic carbocycles. The van der Waals surface area contributed by atoms with Gasteiger partial charge in [-0.15, -0.1) is 11.8 Å². The van der Waals surface area contributed by atoms with E-state index in [2.05, 4.69) is 6.92 Å². The van der Waals surface area contributed by atoms with Crippen LogP contribution in [0.2, 0.25) is 0 Å². The predicted molar refractivity (Wildman–Crippen MR) is 74.1 cm³/mol. The van der Waals surface area contributed by atoms with E-state index < -0.39 is 0 Å². The lowest BCUT2D eigenvalue weighted by Crippen LogP contribution is -2.10. The first-order valence-corrected chi connectivity index (χ1v) is 7.18. The highest BCUT2D eigenvalue weighted by molar-refractivity contribution is 8.00. The summed E-state index contributed by atoms with van der Waals surface area (Å²) in [5.41, 5.74) is 1.91. The van der Waals surface area contributed by atoms with Crippen LogP contribution < -0.4 is 0 Å². The predicted octanol–water partition coefficient (Wildman–Crippen LogP) is 2.73. The number of rotatable bonds is 7. The third-order valence-corrected chi connectivity index (χ3v) is 3.35. The van der Waals surface area contributed by atoms with Crippen LogP contribution in [0, 0.1) is 0 Å². The molecule has 0 bridgehead atoms. The van der Waals surface area contributed by atoms with Gasteiger partial charge < -0.3 is 4.74 Å². The Bertz CT molecular complexity index is 398. The molecule has 0 unspecified atom stereocenters. The quantitative estimate of drug-likeness (QED) is 0.562. The Kier molecular flexibility index (Phi) is 6.50. The van der Waals surface area contributed by atoms with Crippen molar-refractivity contribution in [3.8, 4) is 0 Å². The molecule has 0 aromatic heterocycles. The maximum Gasteiger partial charge on any atom is 0.315 e. The van der Waals surface area contributed by atoms with Gasteiger partial charge in [0.15, 0.2) is 5.78 Å². The summed E-state index contributed by atoms with van der Waals surface area (Å²) in [6, 6.07) is 7.60. The summed E-state index contributed by atoms with van der Waals surface area (Å²) in [7, 11) is 0. The second-order valence-electron chi connectivity index (χ2n) is 3.77. The summed E-state index contributed by atoms with van der Waals surface area (Å²) in [5.74, 6) is 0.320. The molecule has 0 atom stereocenters. The van der Waals surface area contributed by atoms with Crippen molar-refractivity contribution < 1.29 is 14.3 Å². The van der Waals surface area contributed by atoms with Gasteiger partial charge in [-0.1, -0.05) is 31.2 Å². The number of ether oxygens (including phenoxy) is 1. The summed E-state index contributed by atoms with van der Waals surface area (Å²) in [6.07, 6.45) is 0.964. The van der Waals surface area contributed by atoms with Crippen molar-refractivity contribution in [1.29, 1.82) is 0 Å². The first-order chi connectivity index (χ1) is 8.67. The fourth-order valence-corrected chi connectivity index (χ4v) is 2.14. The summed E-state index contributed by atoms with van der Waals surface area (Å²) >= 11 is 1.29. The van der Waals surface area contributed by atoms with Crippen molar-refractivity contribution in [2.75, 3.05) is 18.1 Å². The van der Waals surface area contributed by atoms with Crippen LogP contribution in [-0.2, 0) is 16.0 Å². The molecule has 98 valence electrons. The monoisotopic (exact) mass is 266 g/mol. The normalized spacial score (nSPS) is 10.1. The van der Waals surface area contributed by atoms with E-state index in [-0.39, 0.29) is 17.5 Å². The Labute approximate surface area is 112 Å². The van der Waals surface area contributed by atoms with Gasteiger partial charge in [0.1, 0.15) is 0 Å². The second-order valence-corrected chi connectivity index (χ2v) is 4.76. The van der Waals surface area contributed by atoms with Crippen LogP contribution in [0.15, 0.2) is 24.3 Å². The van der Waals surface area contributed by atoms with Crippen molar-refractivity contribution in [3.05, 3.63) is 35.4 Å². The Morgan fingerprint density at radius 3 is 2.33 bits per heavy atom. The molecule has 0 saturated carbocycles. The molecule has 0 aliphatic heterocycles. The van der Waals surface area contributed by atoms with Gasteiger partial charge in [-0.3, -0.25) is 9.59 Å². The number of carbonyl (C=O) groups is 2. The largest absolute Gasteiger partial charge is 0.465 e. The maximum absolute atomic E-state index is 11.8. The Hall–Kier alpha value is -1.29. The first-order valence-electron chi connectivity index (χ1n) is 6.02. The molecule has 1 aromatic rings. The SMILES string of the molecule is CCOC(=O)CSCC(=O)c1ccc(CC)cc1. The fraction of sp³-hybridized carbons (Fsp3) is 0.429. The minimum atomic E-state index is -0.267. The first kappa shape index (κ1) is 14.8. The zero-order valence-corrected chi connectivity index (χ0v) is 11.6. The summed E-state index contributed by atoms with van der Waals surface area (Å²) < 4.78 is 4.79. The van der Waals surface area contributed by atoms with Crippen LogP contribution in [0.1, 0.15) is 29.8 Å². The zero-order valence-electron chi connectivity index (χ0n) is 10.8. The highest BCUT2D eigenvalue weighted by Crippen LogP contribution is 2.10.